The number of nitrogens with one attached hydrogen (secondary N) is 2. The second-order valence-corrected chi connectivity index (χ2v) is 13.7. The standard InChI is InChI=1S/C32H39Cl2FN4O2/c1-18(2)19-7-10-21(11-8-19)37-29(40)27-25(22-13-16-36-28(34)26(22)35)32(31(39(27)3)14-5-4-6-15-31)23-12-9-20(33)17-24(23)38-30(32)41/h9,12-13,16-19,21,25,27H,4-8,10-11,14-15H2,1-3H3,(H,37,40)(H,38,41)/t19-,21-,25-,27+,32+/m0/s1. The van der Waals surface area contributed by atoms with E-state index in [4.69, 9.17) is 23.2 Å². The summed E-state index contributed by atoms with van der Waals surface area (Å²) in [7, 11) is 1.95. The van der Waals surface area contributed by atoms with Crippen molar-refractivity contribution in [3.05, 3.63) is 57.6 Å². The molecule has 2 N–H and O–H groups in total. The molecule has 3 atom stereocenters. The van der Waals surface area contributed by atoms with E-state index >= 15 is 4.39 Å². The average Bonchev–Trinajstić information content (AvgIpc) is 3.35. The third-order valence-corrected chi connectivity index (χ3v) is 11.3. The second kappa shape index (κ2) is 10.8. The van der Waals surface area contributed by atoms with Crippen molar-refractivity contribution in [2.45, 2.75) is 101 Å². The van der Waals surface area contributed by atoms with Crippen LogP contribution >= 0.6 is 23.2 Å². The first-order valence-electron chi connectivity index (χ1n) is 15.1. The Morgan fingerprint density at radius 3 is 2.51 bits per heavy atom. The highest BCUT2D eigenvalue weighted by Crippen LogP contribution is 2.66. The van der Waals surface area contributed by atoms with Gasteiger partial charge in [0, 0.05) is 34.4 Å². The molecule has 6 rings (SSSR count). The number of amides is 2. The number of hydrogen-bond acceptors (Lipinski definition) is 4. The van der Waals surface area contributed by atoms with Gasteiger partial charge >= 0.3 is 0 Å². The van der Waals surface area contributed by atoms with E-state index in [0.717, 1.165) is 63.4 Å². The Hall–Kier alpha value is -2.22. The molecule has 9 heteroatoms. The highest BCUT2D eigenvalue weighted by atomic mass is 35.5. The normalized spacial score (nSPS) is 31.0. The Labute approximate surface area is 251 Å². The van der Waals surface area contributed by atoms with Crippen molar-refractivity contribution in [2.24, 2.45) is 11.8 Å². The van der Waals surface area contributed by atoms with Crippen LogP contribution in [0.15, 0.2) is 30.5 Å². The van der Waals surface area contributed by atoms with E-state index < -0.39 is 28.7 Å². The minimum atomic E-state index is -1.22. The van der Waals surface area contributed by atoms with Gasteiger partial charge < -0.3 is 10.6 Å². The summed E-state index contributed by atoms with van der Waals surface area (Å²) in [5.41, 5.74) is -0.269. The van der Waals surface area contributed by atoms with Gasteiger partial charge in [0.2, 0.25) is 11.8 Å². The first-order chi connectivity index (χ1) is 19.6. The van der Waals surface area contributed by atoms with Crippen LogP contribution in [0.1, 0.15) is 88.7 Å². The molecule has 3 fully saturated rings. The summed E-state index contributed by atoms with van der Waals surface area (Å²) in [6, 6.07) is 6.30. The molecule has 41 heavy (non-hydrogen) atoms. The third-order valence-electron chi connectivity index (χ3n) is 10.8. The van der Waals surface area contributed by atoms with Gasteiger partial charge in [-0.2, -0.15) is 0 Å². The summed E-state index contributed by atoms with van der Waals surface area (Å²) in [4.78, 5) is 35.1. The lowest BCUT2D eigenvalue weighted by Crippen LogP contribution is -2.60. The SMILES string of the molecule is CC(C)[C@H]1CC[C@H](NC(=O)[C@H]2[C@H](c3ccnc(Cl)c3F)[C@]3(C(=O)Nc4cc(Cl)ccc43)C3(CCCCC3)N2C)CC1. The zero-order valence-corrected chi connectivity index (χ0v) is 25.5. The number of pyridine rings is 1. The first-order valence-corrected chi connectivity index (χ1v) is 15.8. The molecular weight excluding hydrogens is 562 g/mol. The van der Waals surface area contributed by atoms with Gasteiger partial charge in [-0.3, -0.25) is 14.5 Å². The number of carbonyl (C=O) groups is 2. The van der Waals surface area contributed by atoms with Gasteiger partial charge in [0.15, 0.2) is 11.0 Å². The molecular formula is C32H39Cl2FN4O2. The van der Waals surface area contributed by atoms with Crippen molar-refractivity contribution in [1.29, 1.82) is 0 Å². The fourth-order valence-electron chi connectivity index (χ4n) is 8.88. The van der Waals surface area contributed by atoms with E-state index in [9.17, 15) is 9.59 Å². The molecule has 2 saturated carbocycles. The number of fused-ring (bicyclic) bond motifs is 3. The lowest BCUT2D eigenvalue weighted by Gasteiger charge is -2.49. The number of likely N-dealkylation sites (tertiary alicyclic amines) is 1. The molecule has 220 valence electrons. The molecule has 0 radical (unpaired) electrons. The van der Waals surface area contributed by atoms with Crippen molar-refractivity contribution in [3.8, 4) is 0 Å². The summed E-state index contributed by atoms with van der Waals surface area (Å²) in [5, 5.41) is 6.70. The van der Waals surface area contributed by atoms with Crippen molar-refractivity contribution in [1.82, 2.24) is 15.2 Å². The van der Waals surface area contributed by atoms with Gasteiger partial charge in [-0.15, -0.1) is 0 Å². The number of benzene rings is 1. The Bertz CT molecular complexity index is 1360. The van der Waals surface area contributed by atoms with Crippen LogP contribution in [0.2, 0.25) is 10.2 Å². The van der Waals surface area contributed by atoms with Crippen molar-refractivity contribution >= 4 is 40.7 Å². The molecule has 1 aromatic carbocycles. The monoisotopic (exact) mass is 600 g/mol. The molecule has 4 aliphatic rings. The molecule has 3 heterocycles. The molecule has 2 aliphatic heterocycles. The predicted molar refractivity (Wildman–Crippen MR) is 160 cm³/mol. The number of hydrogen-bond donors (Lipinski definition) is 2. The molecule has 6 nitrogen and oxygen atoms in total. The summed E-state index contributed by atoms with van der Waals surface area (Å²) in [6.45, 7) is 4.52. The number of aromatic nitrogens is 1. The molecule has 2 aromatic rings. The molecule has 1 aromatic heterocycles. The fourth-order valence-corrected chi connectivity index (χ4v) is 9.21. The van der Waals surface area contributed by atoms with E-state index in [0.29, 0.717) is 22.5 Å². The number of likely N-dealkylation sites (N-methyl/N-ethyl adjacent to an activating group) is 1. The zero-order chi connectivity index (χ0) is 29.1. The maximum Gasteiger partial charge on any atom is 0.238 e. The largest absolute Gasteiger partial charge is 0.352 e. The van der Waals surface area contributed by atoms with Crippen LogP contribution < -0.4 is 10.6 Å². The van der Waals surface area contributed by atoms with Crippen molar-refractivity contribution in [3.63, 3.8) is 0 Å². The summed E-state index contributed by atoms with van der Waals surface area (Å²) >= 11 is 12.6. The van der Waals surface area contributed by atoms with E-state index in [2.05, 4.69) is 34.4 Å². The average molecular weight is 602 g/mol. The van der Waals surface area contributed by atoms with Crippen LogP contribution in [-0.4, -0.2) is 46.4 Å². The zero-order valence-electron chi connectivity index (χ0n) is 24.0. The molecule has 1 saturated heterocycles. The lowest BCUT2D eigenvalue weighted by molar-refractivity contribution is -0.128. The van der Waals surface area contributed by atoms with E-state index in [1.807, 2.05) is 13.1 Å². The van der Waals surface area contributed by atoms with Crippen LogP contribution in [0.3, 0.4) is 0 Å². The molecule has 2 spiro atoms. The van der Waals surface area contributed by atoms with Crippen LogP contribution in [0, 0.1) is 17.7 Å². The fraction of sp³-hybridized carbons (Fsp3) is 0.594. The van der Waals surface area contributed by atoms with Gasteiger partial charge in [0.25, 0.3) is 0 Å². The van der Waals surface area contributed by atoms with E-state index in [-0.39, 0.29) is 28.6 Å². The van der Waals surface area contributed by atoms with Crippen LogP contribution in [0.4, 0.5) is 10.1 Å². The summed E-state index contributed by atoms with van der Waals surface area (Å²) in [5.74, 6) is -0.580. The summed E-state index contributed by atoms with van der Waals surface area (Å²) < 4.78 is 16.1. The predicted octanol–water partition coefficient (Wildman–Crippen LogP) is 6.85. The Morgan fingerprint density at radius 1 is 1.12 bits per heavy atom. The molecule has 2 aliphatic carbocycles. The van der Waals surface area contributed by atoms with Gasteiger partial charge in [-0.25, -0.2) is 9.37 Å². The Kier molecular flexibility index (Phi) is 7.61. The number of carbonyl (C=O) groups excluding carboxylic acids is 2. The number of anilines is 1. The highest BCUT2D eigenvalue weighted by molar-refractivity contribution is 6.31. The highest BCUT2D eigenvalue weighted by Gasteiger charge is 2.74. The molecule has 0 unspecified atom stereocenters. The van der Waals surface area contributed by atoms with Crippen LogP contribution in [0.5, 0.6) is 0 Å². The van der Waals surface area contributed by atoms with Crippen molar-refractivity contribution in [2.75, 3.05) is 12.4 Å². The maximum atomic E-state index is 16.1. The third kappa shape index (κ3) is 4.32. The number of rotatable bonds is 4. The summed E-state index contributed by atoms with van der Waals surface area (Å²) in [6.07, 6.45) is 9.79. The minimum Gasteiger partial charge on any atom is -0.352 e. The smallest absolute Gasteiger partial charge is 0.238 e. The van der Waals surface area contributed by atoms with Gasteiger partial charge in [0.1, 0.15) is 5.41 Å². The number of halogens is 3. The lowest BCUT2D eigenvalue weighted by atomic mass is 9.55. The van der Waals surface area contributed by atoms with E-state index in [1.165, 1.54) is 6.20 Å². The molecule has 0 bridgehead atoms. The van der Waals surface area contributed by atoms with Crippen LogP contribution in [0.25, 0.3) is 0 Å². The van der Waals surface area contributed by atoms with Gasteiger partial charge in [-0.1, -0.05) is 62.4 Å². The second-order valence-electron chi connectivity index (χ2n) is 12.9. The van der Waals surface area contributed by atoms with Gasteiger partial charge in [-0.05, 0) is 86.7 Å². The Morgan fingerprint density at radius 2 is 1.83 bits per heavy atom. The van der Waals surface area contributed by atoms with E-state index in [1.54, 1.807) is 18.2 Å². The first kappa shape index (κ1) is 28.9. The van der Waals surface area contributed by atoms with Gasteiger partial charge in [0.05, 0.1) is 6.04 Å². The minimum absolute atomic E-state index is 0.0554. The molecule has 2 amide bonds. The van der Waals surface area contributed by atoms with Crippen molar-refractivity contribution < 1.29 is 14.0 Å². The topological polar surface area (TPSA) is 74.3 Å². The quantitative estimate of drug-likeness (QED) is 0.376. The Balaban J connectivity index is 1.51. The maximum absolute atomic E-state index is 16.1. The number of nitrogens with zero attached hydrogens (tertiary/aromatic N) is 2. The van der Waals surface area contributed by atoms with Crippen LogP contribution in [-0.2, 0) is 15.0 Å².